The molecule has 2 unspecified atom stereocenters. The quantitative estimate of drug-likeness (QED) is 0.569. The van der Waals surface area contributed by atoms with Gasteiger partial charge in [0.05, 0.1) is 18.8 Å². The van der Waals surface area contributed by atoms with Crippen molar-refractivity contribution in [2.75, 3.05) is 17.7 Å². The first-order chi connectivity index (χ1) is 13.4. The summed E-state index contributed by atoms with van der Waals surface area (Å²) < 4.78 is 4.62. The summed E-state index contributed by atoms with van der Waals surface area (Å²) in [5.41, 5.74) is 8.37. The molecule has 2 atom stereocenters. The highest BCUT2D eigenvalue weighted by atomic mass is 35.5. The number of aromatic amines is 1. The zero-order chi connectivity index (χ0) is 20.3. The van der Waals surface area contributed by atoms with Crippen LogP contribution in [0.25, 0.3) is 11.3 Å². The molecule has 28 heavy (non-hydrogen) atoms. The van der Waals surface area contributed by atoms with Gasteiger partial charge in [0, 0.05) is 17.7 Å². The Morgan fingerprint density at radius 3 is 2.93 bits per heavy atom. The van der Waals surface area contributed by atoms with E-state index in [1.54, 1.807) is 18.2 Å². The third-order valence-corrected chi connectivity index (χ3v) is 5.03. The van der Waals surface area contributed by atoms with Crippen LogP contribution in [0, 0.1) is 5.92 Å². The standard InChI is InChI=1S/C19H24ClN5O3/c1-10-4-3-5-13(21)18-24-16(17(20)25-18)12-7-6-11(22-19(27)28-2)9-14(12)23-15(26)8-10/h6-7,9-10,13H,3-5,8,21H2,1-2H3,(H,22,27)(H,23,26)(H,24,25). The highest BCUT2D eigenvalue weighted by Crippen LogP contribution is 2.35. The molecule has 0 fully saturated rings. The van der Waals surface area contributed by atoms with Gasteiger partial charge < -0.3 is 20.8 Å². The van der Waals surface area contributed by atoms with Crippen molar-refractivity contribution in [2.45, 2.75) is 38.6 Å². The van der Waals surface area contributed by atoms with Crippen LogP contribution >= 0.6 is 11.6 Å². The maximum atomic E-state index is 12.6. The topological polar surface area (TPSA) is 122 Å². The number of methoxy groups -OCH3 is 1. The predicted molar refractivity (Wildman–Crippen MR) is 108 cm³/mol. The molecule has 150 valence electrons. The number of anilines is 2. The van der Waals surface area contributed by atoms with E-state index in [1.807, 2.05) is 6.92 Å². The number of carbonyl (C=O) groups is 2. The van der Waals surface area contributed by atoms with E-state index < -0.39 is 6.09 Å². The number of imidazole rings is 1. The van der Waals surface area contributed by atoms with Crippen LogP contribution in [0.1, 0.15) is 44.5 Å². The van der Waals surface area contributed by atoms with Crippen molar-refractivity contribution >= 4 is 35.0 Å². The summed E-state index contributed by atoms with van der Waals surface area (Å²) in [6.07, 6.45) is 2.32. The predicted octanol–water partition coefficient (Wildman–Crippen LogP) is 4.06. The van der Waals surface area contributed by atoms with Crippen molar-refractivity contribution in [3.8, 4) is 11.3 Å². The fraction of sp³-hybridized carbons (Fsp3) is 0.421. The smallest absolute Gasteiger partial charge is 0.411 e. The van der Waals surface area contributed by atoms with Crippen molar-refractivity contribution in [1.29, 1.82) is 0 Å². The molecule has 9 heteroatoms. The van der Waals surface area contributed by atoms with Crippen LogP contribution in [0.2, 0.25) is 5.15 Å². The van der Waals surface area contributed by atoms with Crippen molar-refractivity contribution in [2.24, 2.45) is 11.7 Å². The highest BCUT2D eigenvalue weighted by Gasteiger charge is 2.21. The number of nitrogens with zero attached hydrogens (tertiary/aromatic N) is 1. The summed E-state index contributed by atoms with van der Waals surface area (Å²) >= 11 is 6.37. The van der Waals surface area contributed by atoms with Crippen LogP contribution in [0.4, 0.5) is 16.2 Å². The van der Waals surface area contributed by atoms with Crippen LogP contribution in [-0.2, 0) is 9.53 Å². The average molecular weight is 406 g/mol. The van der Waals surface area contributed by atoms with Crippen LogP contribution < -0.4 is 16.4 Å². The first-order valence-corrected chi connectivity index (χ1v) is 9.55. The first kappa shape index (κ1) is 20.2. The summed E-state index contributed by atoms with van der Waals surface area (Å²) in [6.45, 7) is 2.04. The van der Waals surface area contributed by atoms with E-state index in [1.165, 1.54) is 7.11 Å². The van der Waals surface area contributed by atoms with Crippen molar-refractivity contribution < 1.29 is 14.3 Å². The minimum absolute atomic E-state index is 0.112. The number of rotatable bonds is 1. The molecule has 1 aromatic heterocycles. The lowest BCUT2D eigenvalue weighted by Gasteiger charge is -2.15. The Bertz CT molecular complexity index is 882. The van der Waals surface area contributed by atoms with Crippen LogP contribution in [0.3, 0.4) is 0 Å². The second-order valence-electron chi connectivity index (χ2n) is 7.06. The molecule has 2 heterocycles. The van der Waals surface area contributed by atoms with Gasteiger partial charge in [-0.25, -0.2) is 9.78 Å². The van der Waals surface area contributed by atoms with Crippen LogP contribution in [-0.4, -0.2) is 29.1 Å². The van der Waals surface area contributed by atoms with Gasteiger partial charge >= 0.3 is 6.09 Å². The van der Waals surface area contributed by atoms with E-state index in [0.29, 0.717) is 40.0 Å². The lowest BCUT2D eigenvalue weighted by Crippen LogP contribution is -2.17. The number of aromatic nitrogens is 2. The Morgan fingerprint density at radius 2 is 2.18 bits per heavy atom. The first-order valence-electron chi connectivity index (χ1n) is 9.17. The third kappa shape index (κ3) is 4.63. The maximum Gasteiger partial charge on any atom is 0.411 e. The number of fused-ring (bicyclic) bond motifs is 4. The van der Waals surface area contributed by atoms with Crippen LogP contribution in [0.5, 0.6) is 0 Å². The minimum atomic E-state index is -0.601. The zero-order valence-corrected chi connectivity index (χ0v) is 16.6. The molecule has 3 rings (SSSR count). The summed E-state index contributed by atoms with van der Waals surface area (Å²) in [4.78, 5) is 31.7. The van der Waals surface area contributed by atoms with Gasteiger partial charge in [-0.2, -0.15) is 0 Å². The second kappa shape index (κ2) is 8.62. The number of H-pyrrole nitrogens is 1. The largest absolute Gasteiger partial charge is 0.453 e. The molecule has 1 aromatic carbocycles. The monoisotopic (exact) mass is 405 g/mol. The number of ether oxygens (including phenoxy) is 1. The number of nitrogens with two attached hydrogens (primary N) is 1. The highest BCUT2D eigenvalue weighted by molar-refractivity contribution is 6.32. The Balaban J connectivity index is 2.05. The SMILES string of the molecule is COC(=O)Nc1ccc2c(c1)NC(=O)CC(C)CCCC(N)c1nc-2c(Cl)[nH]1. The Morgan fingerprint density at radius 1 is 1.39 bits per heavy atom. The minimum Gasteiger partial charge on any atom is -0.453 e. The molecule has 2 amide bonds. The molecular weight excluding hydrogens is 382 g/mol. The van der Waals surface area contributed by atoms with Gasteiger partial charge in [0.15, 0.2) is 0 Å². The van der Waals surface area contributed by atoms with E-state index in [-0.39, 0.29) is 17.9 Å². The summed E-state index contributed by atoms with van der Waals surface area (Å²) in [7, 11) is 1.28. The third-order valence-electron chi connectivity index (χ3n) is 4.76. The fourth-order valence-electron chi connectivity index (χ4n) is 3.27. The maximum absolute atomic E-state index is 12.6. The molecular formula is C19H24ClN5O3. The van der Waals surface area contributed by atoms with Gasteiger partial charge in [0.25, 0.3) is 0 Å². The lowest BCUT2D eigenvalue weighted by atomic mass is 9.98. The van der Waals surface area contributed by atoms with E-state index in [0.717, 1.165) is 19.3 Å². The van der Waals surface area contributed by atoms with Crippen molar-refractivity contribution in [3.63, 3.8) is 0 Å². The normalized spacial score (nSPS) is 20.1. The zero-order valence-electron chi connectivity index (χ0n) is 15.8. The number of benzene rings is 1. The van der Waals surface area contributed by atoms with Gasteiger partial charge in [-0.05, 0) is 30.5 Å². The summed E-state index contributed by atoms with van der Waals surface area (Å²) in [6, 6.07) is 4.82. The molecule has 1 aliphatic heterocycles. The Hall–Kier alpha value is -2.58. The van der Waals surface area contributed by atoms with Crippen LogP contribution in [0.15, 0.2) is 18.2 Å². The van der Waals surface area contributed by atoms with Gasteiger partial charge in [-0.3, -0.25) is 10.1 Å². The molecule has 2 bridgehead atoms. The molecule has 0 saturated carbocycles. The number of carbonyl (C=O) groups excluding carboxylic acids is 2. The van der Waals surface area contributed by atoms with Gasteiger partial charge in [0.2, 0.25) is 5.91 Å². The van der Waals surface area contributed by atoms with Crippen molar-refractivity contribution in [3.05, 3.63) is 29.2 Å². The number of hydrogen-bond acceptors (Lipinski definition) is 5. The summed E-state index contributed by atoms with van der Waals surface area (Å²) in [5, 5.41) is 5.86. The molecule has 0 radical (unpaired) electrons. The average Bonchev–Trinajstić information content (AvgIpc) is 3.02. The van der Waals surface area contributed by atoms with E-state index in [2.05, 4.69) is 25.3 Å². The molecule has 0 saturated heterocycles. The summed E-state index contributed by atoms with van der Waals surface area (Å²) in [5.74, 6) is 0.725. The lowest BCUT2D eigenvalue weighted by molar-refractivity contribution is -0.117. The molecule has 8 nitrogen and oxygen atoms in total. The van der Waals surface area contributed by atoms with E-state index in [4.69, 9.17) is 17.3 Å². The van der Waals surface area contributed by atoms with E-state index >= 15 is 0 Å². The number of amides is 2. The molecule has 5 N–H and O–H groups in total. The molecule has 0 spiro atoms. The van der Waals surface area contributed by atoms with E-state index in [9.17, 15) is 9.59 Å². The van der Waals surface area contributed by atoms with Gasteiger partial charge in [-0.15, -0.1) is 0 Å². The van der Waals surface area contributed by atoms with Gasteiger partial charge in [0.1, 0.15) is 16.7 Å². The Kier molecular flexibility index (Phi) is 6.21. The molecule has 1 aliphatic rings. The van der Waals surface area contributed by atoms with Crippen molar-refractivity contribution in [1.82, 2.24) is 9.97 Å². The number of hydrogen-bond donors (Lipinski definition) is 4. The fourth-order valence-corrected chi connectivity index (χ4v) is 3.51. The molecule has 2 aromatic rings. The second-order valence-corrected chi connectivity index (χ2v) is 7.43. The molecule has 0 aliphatic carbocycles. The van der Waals surface area contributed by atoms with Gasteiger partial charge in [-0.1, -0.05) is 31.4 Å². The Labute approximate surface area is 168 Å². The number of halogens is 1. The number of nitrogens with one attached hydrogen (secondary N) is 3.